The quantitative estimate of drug-likeness (QED) is 0.140. The summed E-state index contributed by atoms with van der Waals surface area (Å²) in [4.78, 5) is 2.42. The van der Waals surface area contributed by atoms with Crippen LogP contribution in [0.3, 0.4) is 0 Å². The van der Waals surface area contributed by atoms with Crippen molar-refractivity contribution in [1.82, 2.24) is 9.13 Å². The molecule has 0 amide bonds. The fourth-order valence-electron chi connectivity index (χ4n) is 13.1. The van der Waals surface area contributed by atoms with Gasteiger partial charge in [0.1, 0.15) is 0 Å². The van der Waals surface area contributed by atoms with Gasteiger partial charge in [-0.1, -0.05) is 248 Å². The molecule has 13 aromatic carbocycles. The molecule has 0 unspecified atom stereocenters. The van der Waals surface area contributed by atoms with E-state index in [-0.39, 0.29) is 7.43 Å². The smallest absolute Gasteiger partial charge is 0.0640 e. The highest BCUT2D eigenvalue weighted by Gasteiger charge is 2.20. The van der Waals surface area contributed by atoms with Gasteiger partial charge in [0.25, 0.3) is 0 Å². The Morgan fingerprint density at radius 1 is 0.344 bits per heavy atom. The van der Waals surface area contributed by atoms with Crippen molar-refractivity contribution in [3.8, 4) is 39.1 Å². The standard InChI is InChI=1S/C44H32N2S.C24H17NS.C20H14BrN.CH4/c1-2-9-31(10-3-1)32-19-25-37(26-20-32)46(42-15-8-13-40-39-12-5-7-16-43(39)47-44(40)42)38-27-21-34(22-28-38)33-17-23-36(24-18-33)45-30-29-35-11-4-6-14-41(35)45;1-2-7-17(8-3-1)18-13-15-19(16-14-18)25-22-11-6-10-21-20-9-4-5-12-23(20)26-24(21)22;21-18-9-5-15(6-10-18)16-7-11-19(12-8-16)22-14-13-17-3-1-2-4-20(17)22;/h1-17,19-23,25-30H,18,24H2;1-16,25H;1-14H;1H4. The predicted octanol–water partition coefficient (Wildman–Crippen LogP) is 27.0. The van der Waals surface area contributed by atoms with Gasteiger partial charge in [-0.3, -0.25) is 0 Å². The van der Waals surface area contributed by atoms with Crippen LogP contribution in [0.1, 0.15) is 25.8 Å². The van der Waals surface area contributed by atoms with Crippen molar-refractivity contribution < 1.29 is 0 Å². The van der Waals surface area contributed by atoms with Crippen LogP contribution in [0.2, 0.25) is 0 Å². The Balaban J connectivity index is 0.000000130. The van der Waals surface area contributed by atoms with Gasteiger partial charge in [-0.2, -0.15) is 0 Å². The van der Waals surface area contributed by atoms with Gasteiger partial charge < -0.3 is 19.4 Å². The molecule has 4 aromatic heterocycles. The molecule has 4 nitrogen and oxygen atoms in total. The van der Waals surface area contributed by atoms with Crippen LogP contribution in [-0.2, 0) is 0 Å². The highest BCUT2D eigenvalue weighted by molar-refractivity contribution is 9.10. The van der Waals surface area contributed by atoms with E-state index in [9.17, 15) is 0 Å². The van der Waals surface area contributed by atoms with Crippen molar-refractivity contribution in [2.45, 2.75) is 20.3 Å². The molecule has 462 valence electrons. The number of fused-ring (bicyclic) bond motifs is 8. The van der Waals surface area contributed by atoms with Crippen LogP contribution in [0, 0.1) is 0 Å². The van der Waals surface area contributed by atoms with Gasteiger partial charge >= 0.3 is 0 Å². The molecule has 17 aromatic rings. The third-order valence-electron chi connectivity index (χ3n) is 18.0. The fraction of sp³-hybridized carbons (Fsp3) is 0.0337. The van der Waals surface area contributed by atoms with Crippen LogP contribution in [0.4, 0.5) is 28.4 Å². The van der Waals surface area contributed by atoms with E-state index < -0.39 is 0 Å². The third-order valence-corrected chi connectivity index (χ3v) is 20.9. The molecule has 0 bridgehead atoms. The minimum atomic E-state index is 0. The molecule has 0 fully saturated rings. The monoisotopic (exact) mass is 1330 g/mol. The molecule has 0 saturated heterocycles. The van der Waals surface area contributed by atoms with Crippen LogP contribution in [0.25, 0.3) is 112 Å². The third kappa shape index (κ3) is 12.5. The maximum Gasteiger partial charge on any atom is 0.0640 e. The zero-order valence-electron chi connectivity index (χ0n) is 51.9. The number of hydrogen-bond donors (Lipinski definition) is 1. The number of aromatic nitrogens is 2. The lowest BCUT2D eigenvalue weighted by Gasteiger charge is -2.27. The van der Waals surface area contributed by atoms with E-state index in [1.54, 1.807) is 0 Å². The summed E-state index contributed by atoms with van der Waals surface area (Å²) in [5.41, 5.74) is 20.8. The number of nitrogens with one attached hydrogen (secondary N) is 1. The van der Waals surface area contributed by atoms with Gasteiger partial charge in [0, 0.05) is 76.3 Å². The first-order valence-corrected chi connectivity index (χ1v) is 34.6. The molecule has 96 heavy (non-hydrogen) atoms. The Bertz CT molecular complexity index is 5610. The minimum Gasteiger partial charge on any atom is -0.354 e. The largest absolute Gasteiger partial charge is 0.354 e. The Labute approximate surface area is 577 Å². The van der Waals surface area contributed by atoms with Crippen molar-refractivity contribution in [2.75, 3.05) is 10.2 Å². The summed E-state index contributed by atoms with van der Waals surface area (Å²) in [7, 11) is 0. The van der Waals surface area contributed by atoms with E-state index in [4.69, 9.17) is 0 Å². The van der Waals surface area contributed by atoms with E-state index >= 15 is 0 Å². The van der Waals surface area contributed by atoms with Gasteiger partial charge in [-0.25, -0.2) is 0 Å². The molecule has 1 aliphatic carbocycles. The Hall–Kier alpha value is -11.1. The average molecular weight is 1340 g/mol. The number of thiophene rings is 2. The molecule has 0 atom stereocenters. The molecule has 0 radical (unpaired) electrons. The second kappa shape index (κ2) is 27.5. The Kier molecular flexibility index (Phi) is 17.5. The van der Waals surface area contributed by atoms with E-state index in [1.165, 1.54) is 124 Å². The summed E-state index contributed by atoms with van der Waals surface area (Å²) in [5, 5.41) is 11.4. The lowest BCUT2D eigenvalue weighted by atomic mass is 9.95. The van der Waals surface area contributed by atoms with Gasteiger partial charge in [0.2, 0.25) is 0 Å². The molecule has 0 saturated carbocycles. The Morgan fingerprint density at radius 2 is 0.792 bits per heavy atom. The van der Waals surface area contributed by atoms with E-state index in [1.807, 2.05) is 28.7 Å². The molecule has 18 rings (SSSR count). The van der Waals surface area contributed by atoms with Gasteiger partial charge in [-0.05, 0) is 183 Å². The average Bonchev–Trinajstić information content (AvgIpc) is 1.58. The molecule has 4 heterocycles. The highest BCUT2D eigenvalue weighted by Crippen LogP contribution is 2.46. The number of benzene rings is 13. The first-order valence-electron chi connectivity index (χ1n) is 32.2. The summed E-state index contributed by atoms with van der Waals surface area (Å²) >= 11 is 7.19. The van der Waals surface area contributed by atoms with E-state index in [0.717, 1.165) is 40.1 Å². The van der Waals surface area contributed by atoms with Gasteiger partial charge in [0.05, 0.1) is 31.8 Å². The van der Waals surface area contributed by atoms with Crippen LogP contribution in [0.15, 0.2) is 357 Å². The first-order chi connectivity index (χ1) is 47.0. The molecule has 1 N–H and O–H groups in total. The maximum atomic E-state index is 3.60. The highest BCUT2D eigenvalue weighted by atomic mass is 79.9. The van der Waals surface area contributed by atoms with Crippen molar-refractivity contribution in [3.05, 3.63) is 362 Å². The number of anilines is 5. The molecule has 1 aliphatic rings. The number of allylic oxidation sites excluding steroid dienone is 4. The summed E-state index contributed by atoms with van der Waals surface area (Å²) in [6.45, 7) is 0. The van der Waals surface area contributed by atoms with Crippen molar-refractivity contribution in [2.24, 2.45) is 0 Å². The summed E-state index contributed by atoms with van der Waals surface area (Å²) in [5.74, 6) is 0. The molecule has 7 heteroatoms. The lowest BCUT2D eigenvalue weighted by Crippen LogP contribution is -2.10. The summed E-state index contributed by atoms with van der Waals surface area (Å²) < 4.78 is 10.9. The molecular weight excluding hydrogens is 1270 g/mol. The SMILES string of the molecule is Brc1ccc(-c2ccc(-n3ccc4ccccc43)cc2)cc1.C.C1=C(c2ccc(N(c3ccc(-c4ccccc4)cc3)c3cccc4c3sc3ccccc34)cc2)CCC(n2ccc3ccccc32)=C1.c1ccc(-c2ccc(Nc3cccc4c3sc3ccccc34)cc2)cc1. The summed E-state index contributed by atoms with van der Waals surface area (Å²) in [6, 6.07) is 117. The minimum absolute atomic E-state index is 0. The topological polar surface area (TPSA) is 25.1 Å². The Morgan fingerprint density at radius 3 is 1.38 bits per heavy atom. The number of hydrogen-bond acceptors (Lipinski definition) is 4. The molecular formula is C89H67BrN4S2. The number of nitrogens with zero attached hydrogens (tertiary/aromatic N) is 3. The zero-order valence-corrected chi connectivity index (χ0v) is 55.2. The van der Waals surface area contributed by atoms with Gasteiger partial charge in [-0.15, -0.1) is 22.7 Å². The van der Waals surface area contributed by atoms with Gasteiger partial charge in [0.15, 0.2) is 0 Å². The maximum absolute atomic E-state index is 3.60. The van der Waals surface area contributed by atoms with E-state index in [2.05, 4.69) is 381 Å². The van der Waals surface area contributed by atoms with Crippen LogP contribution in [0.5, 0.6) is 0 Å². The van der Waals surface area contributed by atoms with Crippen molar-refractivity contribution in [3.63, 3.8) is 0 Å². The second-order valence-corrected chi connectivity index (χ2v) is 26.8. The first kappa shape index (κ1) is 61.1. The van der Waals surface area contributed by atoms with E-state index in [0.29, 0.717) is 0 Å². The molecule has 0 aliphatic heterocycles. The second-order valence-electron chi connectivity index (χ2n) is 23.8. The summed E-state index contributed by atoms with van der Waals surface area (Å²) in [6.07, 6.45) is 11.0. The fourth-order valence-corrected chi connectivity index (χ4v) is 15.8. The number of para-hydroxylation sites is 2. The lowest BCUT2D eigenvalue weighted by molar-refractivity contribution is 0.975. The van der Waals surface area contributed by atoms with Crippen LogP contribution in [-0.4, -0.2) is 9.13 Å². The number of rotatable bonds is 11. The van der Waals surface area contributed by atoms with Crippen molar-refractivity contribution >= 4 is 140 Å². The van der Waals surface area contributed by atoms with Crippen LogP contribution >= 0.6 is 38.6 Å². The normalized spacial score (nSPS) is 12.0. The number of halogens is 1. The van der Waals surface area contributed by atoms with Crippen molar-refractivity contribution in [1.29, 1.82) is 0 Å². The zero-order chi connectivity index (χ0) is 63.4. The molecule has 0 spiro atoms. The predicted molar refractivity (Wildman–Crippen MR) is 421 cm³/mol. The van der Waals surface area contributed by atoms with Crippen LogP contribution < -0.4 is 10.2 Å².